The van der Waals surface area contributed by atoms with Crippen molar-refractivity contribution in [1.29, 1.82) is 0 Å². The molecule has 3 saturated carbocycles. The molecule has 30 heavy (non-hydrogen) atoms. The number of aliphatic hydroxyl groups is 1. The first-order chi connectivity index (χ1) is 14.3. The molecule has 5 nitrogen and oxygen atoms in total. The molecule has 0 spiro atoms. The number of rotatable bonds is 3. The molecule has 5 aliphatic rings. The summed E-state index contributed by atoms with van der Waals surface area (Å²) in [5.74, 6) is 0.784. The third-order valence-electron chi connectivity index (χ3n) is 9.89. The van der Waals surface area contributed by atoms with Crippen LogP contribution >= 0.6 is 0 Å². The highest BCUT2D eigenvalue weighted by Gasteiger charge is 2.68. The molecule has 5 rings (SSSR count). The summed E-state index contributed by atoms with van der Waals surface area (Å²) in [6.07, 6.45) is 14.4. The largest absolute Gasteiger partial charge is 0.469 e. The van der Waals surface area contributed by atoms with E-state index in [4.69, 9.17) is 9.47 Å². The molecular weight excluding hydrogens is 380 g/mol. The highest BCUT2D eigenvalue weighted by atomic mass is 16.5. The first-order valence-corrected chi connectivity index (χ1v) is 11.7. The van der Waals surface area contributed by atoms with Gasteiger partial charge in [-0.1, -0.05) is 19.1 Å². The Bertz CT molecular complexity index is 814. The SMILES string of the molecule is COC(=O)C[C@]12CCC=C[C@H]1CC[C@@H]1[C@@H]2CC[C@]2(C)[C@@H](C3=CC(=O)OC3)CC[C@]12O. The second-order valence-corrected chi connectivity index (χ2v) is 10.6. The highest BCUT2D eigenvalue weighted by Crippen LogP contribution is 2.70. The Balaban J connectivity index is 1.50. The standard InChI is InChI=1S/C25H34O5/c1-23-11-8-19-20(25(23,28)12-9-18(23)16-13-21(26)30-15-16)7-6-17-5-3-4-10-24(17,19)14-22(27)29-2/h3,5,13,17-20,28H,4,6-12,14-15H2,1-2H3/t17-,18+,19-,20+,23+,24+,25-/m0/s1. The Morgan fingerprint density at radius 1 is 1.20 bits per heavy atom. The summed E-state index contributed by atoms with van der Waals surface area (Å²) in [4.78, 5) is 24.2. The third kappa shape index (κ3) is 2.63. The van der Waals surface area contributed by atoms with Crippen molar-refractivity contribution in [3.05, 3.63) is 23.8 Å². The minimum absolute atomic E-state index is 0.0917. The van der Waals surface area contributed by atoms with Crippen LogP contribution in [0.1, 0.15) is 64.7 Å². The van der Waals surface area contributed by atoms with E-state index in [-0.39, 0.29) is 34.6 Å². The Labute approximate surface area is 178 Å². The second-order valence-electron chi connectivity index (χ2n) is 10.6. The Morgan fingerprint density at radius 2 is 2.03 bits per heavy atom. The van der Waals surface area contributed by atoms with Gasteiger partial charge in [0, 0.05) is 11.5 Å². The molecule has 4 aliphatic carbocycles. The molecule has 7 atom stereocenters. The Morgan fingerprint density at radius 3 is 2.77 bits per heavy atom. The van der Waals surface area contributed by atoms with Gasteiger partial charge in [-0.25, -0.2) is 4.79 Å². The number of methoxy groups -OCH3 is 1. The van der Waals surface area contributed by atoms with Gasteiger partial charge in [-0.2, -0.15) is 0 Å². The topological polar surface area (TPSA) is 72.8 Å². The fraction of sp³-hybridized carbons (Fsp3) is 0.760. The molecule has 0 amide bonds. The number of ether oxygens (including phenoxy) is 2. The van der Waals surface area contributed by atoms with E-state index in [2.05, 4.69) is 19.1 Å². The number of fused-ring (bicyclic) bond motifs is 5. The highest BCUT2D eigenvalue weighted by molar-refractivity contribution is 5.85. The quantitative estimate of drug-likeness (QED) is 0.559. The molecule has 0 aromatic heterocycles. The van der Waals surface area contributed by atoms with Crippen molar-refractivity contribution in [1.82, 2.24) is 0 Å². The lowest BCUT2D eigenvalue weighted by molar-refractivity contribution is -0.203. The van der Waals surface area contributed by atoms with E-state index < -0.39 is 5.60 Å². The van der Waals surface area contributed by atoms with Crippen molar-refractivity contribution >= 4 is 11.9 Å². The predicted octanol–water partition coefficient (Wildman–Crippen LogP) is 3.95. The van der Waals surface area contributed by atoms with Gasteiger partial charge in [0.1, 0.15) is 6.61 Å². The second kappa shape index (κ2) is 6.94. The summed E-state index contributed by atoms with van der Waals surface area (Å²) in [5, 5.41) is 12.3. The molecule has 0 saturated heterocycles. The van der Waals surface area contributed by atoms with E-state index in [0.717, 1.165) is 56.9 Å². The van der Waals surface area contributed by atoms with Crippen molar-refractivity contribution in [2.24, 2.45) is 34.5 Å². The van der Waals surface area contributed by atoms with Crippen LogP contribution in [-0.4, -0.2) is 36.4 Å². The van der Waals surface area contributed by atoms with Gasteiger partial charge in [-0.05, 0) is 86.0 Å². The maximum absolute atomic E-state index is 12.5. The van der Waals surface area contributed by atoms with Gasteiger partial charge >= 0.3 is 11.9 Å². The molecule has 1 heterocycles. The van der Waals surface area contributed by atoms with Crippen LogP contribution in [-0.2, 0) is 19.1 Å². The van der Waals surface area contributed by atoms with Gasteiger partial charge in [0.2, 0.25) is 0 Å². The van der Waals surface area contributed by atoms with Gasteiger partial charge < -0.3 is 14.6 Å². The van der Waals surface area contributed by atoms with Gasteiger partial charge in [-0.3, -0.25) is 4.79 Å². The summed E-state index contributed by atoms with van der Waals surface area (Å²) in [7, 11) is 1.48. The smallest absolute Gasteiger partial charge is 0.331 e. The molecule has 1 aliphatic heterocycles. The predicted molar refractivity (Wildman–Crippen MR) is 111 cm³/mol. The molecule has 3 fully saturated rings. The molecule has 164 valence electrons. The van der Waals surface area contributed by atoms with Crippen LogP contribution in [0.4, 0.5) is 0 Å². The van der Waals surface area contributed by atoms with E-state index >= 15 is 0 Å². The Kier molecular flexibility index (Phi) is 4.70. The van der Waals surface area contributed by atoms with Crippen molar-refractivity contribution in [2.75, 3.05) is 13.7 Å². The van der Waals surface area contributed by atoms with E-state index in [1.54, 1.807) is 6.08 Å². The summed E-state index contributed by atoms with van der Waals surface area (Å²) in [6.45, 7) is 2.62. The lowest BCUT2D eigenvalue weighted by atomic mass is 9.43. The zero-order valence-corrected chi connectivity index (χ0v) is 18.2. The molecular formula is C25H34O5. The number of hydrogen-bond donors (Lipinski definition) is 1. The minimum Gasteiger partial charge on any atom is -0.469 e. The summed E-state index contributed by atoms with van der Waals surface area (Å²) >= 11 is 0. The number of cyclic esters (lactones) is 1. The first kappa shape index (κ1) is 20.3. The Hall–Kier alpha value is -1.62. The molecule has 5 heteroatoms. The average molecular weight is 415 g/mol. The van der Waals surface area contributed by atoms with Crippen LogP contribution in [0.5, 0.6) is 0 Å². The molecule has 0 radical (unpaired) electrons. The normalized spacial score (nSPS) is 47.0. The van der Waals surface area contributed by atoms with E-state index in [0.29, 0.717) is 24.9 Å². The fourth-order valence-electron chi connectivity index (χ4n) is 8.46. The van der Waals surface area contributed by atoms with Crippen LogP contribution in [0.15, 0.2) is 23.8 Å². The number of carbonyl (C=O) groups is 2. The molecule has 0 aromatic rings. The first-order valence-electron chi connectivity index (χ1n) is 11.7. The monoisotopic (exact) mass is 414 g/mol. The van der Waals surface area contributed by atoms with Crippen molar-refractivity contribution < 1.29 is 24.2 Å². The van der Waals surface area contributed by atoms with Crippen molar-refractivity contribution in [3.63, 3.8) is 0 Å². The zero-order valence-electron chi connectivity index (χ0n) is 18.2. The summed E-state index contributed by atoms with van der Waals surface area (Å²) in [6, 6.07) is 0. The average Bonchev–Trinajstić information content (AvgIpc) is 3.27. The number of esters is 2. The van der Waals surface area contributed by atoms with Crippen molar-refractivity contribution in [2.45, 2.75) is 70.3 Å². The zero-order chi connectivity index (χ0) is 21.1. The minimum atomic E-state index is -0.748. The number of hydrogen-bond acceptors (Lipinski definition) is 5. The molecule has 0 bridgehead atoms. The van der Waals surface area contributed by atoms with Crippen molar-refractivity contribution in [3.8, 4) is 0 Å². The van der Waals surface area contributed by atoms with Gasteiger partial charge in [-0.15, -0.1) is 0 Å². The van der Waals surface area contributed by atoms with Crippen LogP contribution in [0.25, 0.3) is 0 Å². The lowest BCUT2D eigenvalue weighted by Crippen LogP contribution is -2.62. The number of allylic oxidation sites excluding steroid dienone is 2. The third-order valence-corrected chi connectivity index (χ3v) is 9.89. The number of carbonyl (C=O) groups excluding carboxylic acids is 2. The van der Waals surface area contributed by atoms with Crippen LogP contribution in [0, 0.1) is 34.5 Å². The van der Waals surface area contributed by atoms with E-state index in [1.165, 1.54) is 7.11 Å². The molecule has 0 unspecified atom stereocenters. The van der Waals surface area contributed by atoms with Crippen LogP contribution < -0.4 is 0 Å². The summed E-state index contributed by atoms with van der Waals surface area (Å²) in [5.41, 5.74) is -0.0125. The fourth-order valence-corrected chi connectivity index (χ4v) is 8.46. The maximum Gasteiger partial charge on any atom is 0.331 e. The van der Waals surface area contributed by atoms with Gasteiger partial charge in [0.25, 0.3) is 0 Å². The maximum atomic E-state index is 12.5. The van der Waals surface area contributed by atoms with Gasteiger partial charge in [0.05, 0.1) is 19.1 Å². The summed E-state index contributed by atoms with van der Waals surface area (Å²) < 4.78 is 10.3. The van der Waals surface area contributed by atoms with E-state index in [1.807, 2.05) is 0 Å². The van der Waals surface area contributed by atoms with Crippen LogP contribution in [0.2, 0.25) is 0 Å². The van der Waals surface area contributed by atoms with E-state index in [9.17, 15) is 14.7 Å². The molecule has 0 aromatic carbocycles. The van der Waals surface area contributed by atoms with Crippen LogP contribution in [0.3, 0.4) is 0 Å². The molecule has 1 N–H and O–H groups in total. The van der Waals surface area contributed by atoms with Gasteiger partial charge in [0.15, 0.2) is 0 Å². The lowest BCUT2D eigenvalue weighted by Gasteiger charge is -2.63.